The monoisotopic (exact) mass is 443 g/mol. The summed E-state index contributed by atoms with van der Waals surface area (Å²) < 4.78 is 5.42. The first-order valence-corrected chi connectivity index (χ1v) is 11.3. The number of aromatic nitrogens is 2. The highest BCUT2D eigenvalue weighted by Gasteiger charge is 2.15. The minimum Gasteiger partial charge on any atom is -0.381 e. The van der Waals surface area contributed by atoms with Crippen molar-refractivity contribution in [2.24, 2.45) is 5.10 Å². The quantitative estimate of drug-likeness (QED) is 0.485. The van der Waals surface area contributed by atoms with E-state index in [1.807, 2.05) is 36.7 Å². The second kappa shape index (κ2) is 9.89. The maximum absolute atomic E-state index is 12.8. The van der Waals surface area contributed by atoms with E-state index in [-0.39, 0.29) is 5.91 Å². The number of hydrogen-bond acceptors (Lipinski definition) is 6. The molecule has 8 heteroatoms. The Kier molecular flexibility index (Phi) is 6.37. The average molecular weight is 444 g/mol. The maximum Gasteiger partial charge on any atom is 0.269 e. The lowest BCUT2D eigenvalue weighted by atomic mass is 9.99. The number of carbonyl (C=O) groups excluding carboxylic acids is 1. The Morgan fingerprint density at radius 2 is 2.03 bits per heavy atom. The molecule has 4 heterocycles. The number of pyridine rings is 2. The van der Waals surface area contributed by atoms with Gasteiger partial charge in [0.1, 0.15) is 17.7 Å². The molecule has 4 N–H and O–H groups in total. The van der Waals surface area contributed by atoms with Gasteiger partial charge in [-0.15, -0.1) is 0 Å². The maximum atomic E-state index is 12.8. The van der Waals surface area contributed by atoms with Gasteiger partial charge in [0.25, 0.3) is 5.91 Å². The van der Waals surface area contributed by atoms with Crippen LogP contribution in [-0.4, -0.2) is 47.9 Å². The number of hydrogen-bond donors (Lipinski definition) is 3. The molecule has 33 heavy (non-hydrogen) atoms. The number of ether oxygens (including phenoxy) is 1. The zero-order valence-corrected chi connectivity index (χ0v) is 18.3. The summed E-state index contributed by atoms with van der Waals surface area (Å²) in [5.41, 5.74) is 6.35. The second-order valence-electron chi connectivity index (χ2n) is 8.20. The third kappa shape index (κ3) is 5.08. The van der Waals surface area contributed by atoms with Gasteiger partial charge in [-0.2, -0.15) is 5.43 Å². The van der Waals surface area contributed by atoms with E-state index in [0.717, 1.165) is 60.3 Å². The van der Waals surface area contributed by atoms with Crippen molar-refractivity contribution in [3.05, 3.63) is 71.7 Å². The number of nitrogens with one attached hydrogen (secondary N) is 2. The SMILES string of the molecule is O=C(NCCc1ccccc1C1=C[NH2+]N=C1)c1ccc2cnc(NC3CCOCC3)cc2n1. The summed E-state index contributed by atoms with van der Waals surface area (Å²) >= 11 is 0. The van der Waals surface area contributed by atoms with Gasteiger partial charge >= 0.3 is 0 Å². The topological polar surface area (TPSA) is 105 Å². The van der Waals surface area contributed by atoms with E-state index in [1.54, 1.807) is 17.7 Å². The smallest absolute Gasteiger partial charge is 0.269 e. The van der Waals surface area contributed by atoms with Gasteiger partial charge in [0.2, 0.25) is 0 Å². The Morgan fingerprint density at radius 1 is 1.15 bits per heavy atom. The van der Waals surface area contributed by atoms with Crippen molar-refractivity contribution in [2.45, 2.75) is 25.3 Å². The van der Waals surface area contributed by atoms with E-state index in [0.29, 0.717) is 18.3 Å². The zero-order chi connectivity index (χ0) is 22.5. The molecule has 0 radical (unpaired) electrons. The van der Waals surface area contributed by atoms with Crippen LogP contribution in [0.25, 0.3) is 16.5 Å². The van der Waals surface area contributed by atoms with Crippen LogP contribution in [0.1, 0.15) is 34.5 Å². The molecule has 2 aliphatic rings. The fourth-order valence-electron chi connectivity index (χ4n) is 4.14. The van der Waals surface area contributed by atoms with E-state index in [2.05, 4.69) is 37.8 Å². The molecule has 0 atom stereocenters. The molecule has 8 nitrogen and oxygen atoms in total. The summed E-state index contributed by atoms with van der Waals surface area (Å²) in [6.07, 6.45) is 8.29. The number of benzene rings is 1. The molecule has 1 saturated heterocycles. The van der Waals surface area contributed by atoms with Gasteiger partial charge < -0.3 is 15.4 Å². The van der Waals surface area contributed by atoms with Crippen molar-refractivity contribution in [2.75, 3.05) is 25.1 Å². The number of fused-ring (bicyclic) bond motifs is 1. The Hall–Kier alpha value is -3.62. The Balaban J connectivity index is 1.23. The van der Waals surface area contributed by atoms with E-state index in [4.69, 9.17) is 4.74 Å². The minimum absolute atomic E-state index is 0.180. The number of quaternary nitrogens is 1. The standard InChI is InChI=1S/C25H26N6O2/c32-25(26-10-7-17-3-1-2-4-21(17)19-15-28-29-16-19)22-6-5-18-14-27-24(13-23(18)31-22)30-20-8-11-33-12-9-20/h1-6,13-16,20H,7-12H2,(H,26,32)(H,27,30)(H,28,29)/p+1. The first-order chi connectivity index (χ1) is 16.3. The highest BCUT2D eigenvalue weighted by molar-refractivity contribution is 6.10. The minimum atomic E-state index is -0.180. The van der Waals surface area contributed by atoms with E-state index in [9.17, 15) is 4.79 Å². The predicted molar refractivity (Wildman–Crippen MR) is 128 cm³/mol. The Labute approximate surface area is 192 Å². The molecule has 0 unspecified atom stereocenters. The van der Waals surface area contributed by atoms with Gasteiger partial charge in [-0.25, -0.2) is 9.97 Å². The van der Waals surface area contributed by atoms with Crippen LogP contribution >= 0.6 is 0 Å². The molecule has 168 valence electrons. The molecule has 1 aromatic carbocycles. The molecule has 3 aromatic rings. The summed E-state index contributed by atoms with van der Waals surface area (Å²) in [4.78, 5) is 21.8. The van der Waals surface area contributed by atoms with Crippen molar-refractivity contribution >= 4 is 34.4 Å². The van der Waals surface area contributed by atoms with E-state index >= 15 is 0 Å². The lowest BCUT2D eigenvalue weighted by Crippen LogP contribution is -2.69. The molecule has 2 aliphatic heterocycles. The Bertz CT molecular complexity index is 1220. The van der Waals surface area contributed by atoms with Crippen LogP contribution in [0.4, 0.5) is 5.82 Å². The number of carbonyl (C=O) groups is 1. The number of allylic oxidation sites excluding steroid dienone is 1. The van der Waals surface area contributed by atoms with Crippen molar-refractivity contribution in [3.63, 3.8) is 0 Å². The van der Waals surface area contributed by atoms with Crippen LogP contribution in [-0.2, 0) is 11.2 Å². The molecule has 0 saturated carbocycles. The Morgan fingerprint density at radius 3 is 2.88 bits per heavy atom. The summed E-state index contributed by atoms with van der Waals surface area (Å²) in [5, 5.41) is 11.5. The van der Waals surface area contributed by atoms with Crippen LogP contribution < -0.4 is 16.1 Å². The molecule has 1 amide bonds. The number of rotatable bonds is 7. The number of amides is 1. The van der Waals surface area contributed by atoms with Crippen LogP contribution in [0.15, 0.2) is 60.0 Å². The summed E-state index contributed by atoms with van der Waals surface area (Å²) in [7, 11) is 0. The summed E-state index contributed by atoms with van der Waals surface area (Å²) in [6, 6.07) is 14.1. The van der Waals surface area contributed by atoms with Gasteiger partial charge in [0, 0.05) is 43.4 Å². The van der Waals surface area contributed by atoms with E-state index < -0.39 is 0 Å². The number of nitrogens with two attached hydrogens (primary N) is 1. The molecule has 0 bridgehead atoms. The van der Waals surface area contributed by atoms with Crippen molar-refractivity contribution in [1.29, 1.82) is 0 Å². The molecule has 5 rings (SSSR count). The van der Waals surface area contributed by atoms with Gasteiger partial charge in [0.15, 0.2) is 0 Å². The lowest BCUT2D eigenvalue weighted by molar-refractivity contribution is -0.589. The van der Waals surface area contributed by atoms with Gasteiger partial charge in [0.05, 0.1) is 17.3 Å². The predicted octanol–water partition coefficient (Wildman–Crippen LogP) is 2.10. The molecule has 2 aromatic heterocycles. The molecule has 1 fully saturated rings. The average Bonchev–Trinajstić information content (AvgIpc) is 3.39. The van der Waals surface area contributed by atoms with Crippen LogP contribution in [0, 0.1) is 0 Å². The van der Waals surface area contributed by atoms with Gasteiger partial charge in [-0.05, 0) is 42.5 Å². The molecular weight excluding hydrogens is 416 g/mol. The molecule has 0 aliphatic carbocycles. The van der Waals surface area contributed by atoms with Gasteiger partial charge in [-0.1, -0.05) is 29.4 Å². The van der Waals surface area contributed by atoms with Crippen LogP contribution in [0.3, 0.4) is 0 Å². The van der Waals surface area contributed by atoms with Gasteiger partial charge in [-0.3, -0.25) is 4.79 Å². The fourth-order valence-corrected chi connectivity index (χ4v) is 4.14. The first-order valence-electron chi connectivity index (χ1n) is 11.3. The van der Waals surface area contributed by atoms with Crippen LogP contribution in [0.5, 0.6) is 0 Å². The lowest BCUT2D eigenvalue weighted by Gasteiger charge is -2.23. The van der Waals surface area contributed by atoms with E-state index in [1.165, 1.54) is 5.56 Å². The second-order valence-corrected chi connectivity index (χ2v) is 8.20. The van der Waals surface area contributed by atoms with Crippen molar-refractivity contribution < 1.29 is 15.0 Å². The normalized spacial score (nSPS) is 16.1. The molecule has 0 spiro atoms. The number of nitrogens with zero attached hydrogens (tertiary/aromatic N) is 3. The number of anilines is 1. The highest BCUT2D eigenvalue weighted by Crippen LogP contribution is 2.20. The van der Waals surface area contributed by atoms with Crippen LogP contribution in [0.2, 0.25) is 0 Å². The summed E-state index contributed by atoms with van der Waals surface area (Å²) in [6.45, 7) is 2.06. The summed E-state index contributed by atoms with van der Waals surface area (Å²) in [5.74, 6) is 0.596. The van der Waals surface area contributed by atoms with Crippen molar-refractivity contribution in [1.82, 2.24) is 15.3 Å². The third-order valence-electron chi connectivity index (χ3n) is 5.94. The fraction of sp³-hybridized carbons (Fsp3) is 0.280. The zero-order valence-electron chi connectivity index (χ0n) is 18.3. The highest BCUT2D eigenvalue weighted by atomic mass is 16.5. The van der Waals surface area contributed by atoms with Crippen molar-refractivity contribution in [3.8, 4) is 0 Å². The largest absolute Gasteiger partial charge is 0.381 e. The third-order valence-corrected chi connectivity index (χ3v) is 5.94. The molecular formula is C25H27N6O2+. The first kappa shape index (κ1) is 21.2.